The second kappa shape index (κ2) is 9.59. The predicted octanol–water partition coefficient (Wildman–Crippen LogP) is 3.71. The molecule has 1 amide bonds. The van der Waals surface area contributed by atoms with Gasteiger partial charge in [0.25, 0.3) is 0 Å². The molecule has 2 aliphatic heterocycles. The molecule has 5 heteroatoms. The Hall–Kier alpha value is -2.11. The Labute approximate surface area is 174 Å². The van der Waals surface area contributed by atoms with Crippen molar-refractivity contribution in [2.75, 3.05) is 46.3 Å². The number of piperazine rings is 1. The average Bonchev–Trinajstić information content (AvgIpc) is 3.28. The summed E-state index contributed by atoms with van der Waals surface area (Å²) in [7, 11) is 2.13. The lowest BCUT2D eigenvalue weighted by atomic mass is 9.92. The molecule has 2 saturated heterocycles. The molecule has 3 heterocycles. The highest BCUT2D eigenvalue weighted by molar-refractivity contribution is 5.76. The molecule has 1 aromatic carbocycles. The van der Waals surface area contributed by atoms with E-state index in [0.29, 0.717) is 18.2 Å². The topological polar surface area (TPSA) is 39.9 Å². The molecule has 0 bridgehead atoms. The fourth-order valence-corrected chi connectivity index (χ4v) is 4.64. The van der Waals surface area contributed by atoms with E-state index in [1.165, 1.54) is 24.0 Å². The van der Waals surface area contributed by atoms with Crippen molar-refractivity contribution in [2.45, 2.75) is 32.2 Å². The molecular formula is C24H33N3O2. The van der Waals surface area contributed by atoms with Gasteiger partial charge in [-0.1, -0.05) is 24.3 Å². The van der Waals surface area contributed by atoms with E-state index in [1.54, 1.807) is 6.26 Å². The van der Waals surface area contributed by atoms with Crippen LogP contribution in [0.3, 0.4) is 0 Å². The summed E-state index contributed by atoms with van der Waals surface area (Å²) in [4.78, 5) is 19.5. The number of hydrogen-bond donors (Lipinski definition) is 0. The fraction of sp³-hybridized carbons (Fsp3) is 0.542. The van der Waals surface area contributed by atoms with Gasteiger partial charge in [-0.2, -0.15) is 0 Å². The lowest BCUT2D eigenvalue weighted by Crippen LogP contribution is -2.47. The van der Waals surface area contributed by atoms with Crippen molar-refractivity contribution in [2.24, 2.45) is 5.92 Å². The van der Waals surface area contributed by atoms with Crippen molar-refractivity contribution >= 4 is 5.91 Å². The van der Waals surface area contributed by atoms with Crippen molar-refractivity contribution in [3.8, 4) is 11.3 Å². The molecule has 1 aromatic heterocycles. The third-order valence-corrected chi connectivity index (χ3v) is 6.42. The number of likely N-dealkylation sites (N-methyl/N-ethyl adjacent to an activating group) is 1. The minimum absolute atomic E-state index is 0.346. The average molecular weight is 396 g/mol. The molecule has 0 saturated carbocycles. The number of furan rings is 1. The first-order valence-electron chi connectivity index (χ1n) is 11.0. The molecule has 156 valence electrons. The zero-order valence-corrected chi connectivity index (χ0v) is 17.6. The fourth-order valence-electron chi connectivity index (χ4n) is 4.64. The zero-order chi connectivity index (χ0) is 20.1. The Balaban J connectivity index is 1.30. The summed E-state index contributed by atoms with van der Waals surface area (Å²) in [5.41, 5.74) is 2.50. The summed E-state index contributed by atoms with van der Waals surface area (Å²) in [6, 6.07) is 12.5. The van der Waals surface area contributed by atoms with Crippen molar-refractivity contribution < 1.29 is 9.21 Å². The molecule has 29 heavy (non-hydrogen) atoms. The van der Waals surface area contributed by atoms with Crippen LogP contribution < -0.4 is 0 Å². The first kappa shape index (κ1) is 20.2. The monoisotopic (exact) mass is 395 g/mol. The lowest BCUT2D eigenvalue weighted by molar-refractivity contribution is -0.133. The summed E-state index contributed by atoms with van der Waals surface area (Å²) in [5.74, 6) is 1.90. The van der Waals surface area contributed by atoms with Crippen LogP contribution in [0, 0.1) is 5.92 Å². The Bertz CT molecular complexity index is 781. The summed E-state index contributed by atoms with van der Waals surface area (Å²) < 4.78 is 5.64. The van der Waals surface area contributed by atoms with Gasteiger partial charge < -0.3 is 14.2 Å². The zero-order valence-electron chi connectivity index (χ0n) is 17.6. The maximum atomic E-state index is 12.6. The number of amides is 1. The second-order valence-corrected chi connectivity index (χ2v) is 8.60. The molecule has 0 N–H and O–H groups in total. The molecule has 5 nitrogen and oxygen atoms in total. The summed E-state index contributed by atoms with van der Waals surface area (Å²) in [6.45, 7) is 6.93. The highest BCUT2D eigenvalue weighted by atomic mass is 16.3. The van der Waals surface area contributed by atoms with Gasteiger partial charge >= 0.3 is 0 Å². The van der Waals surface area contributed by atoms with E-state index in [1.807, 2.05) is 12.1 Å². The molecular weight excluding hydrogens is 362 g/mol. The molecule has 4 rings (SSSR count). The first-order chi connectivity index (χ1) is 14.2. The van der Waals surface area contributed by atoms with Gasteiger partial charge in [-0.05, 0) is 56.5 Å². The van der Waals surface area contributed by atoms with Gasteiger partial charge in [0.15, 0.2) is 0 Å². The number of likely N-dealkylation sites (tertiary alicyclic amines) is 1. The normalized spacial score (nSPS) is 21.4. The van der Waals surface area contributed by atoms with E-state index in [-0.39, 0.29) is 0 Å². The Morgan fingerprint density at radius 3 is 2.69 bits per heavy atom. The van der Waals surface area contributed by atoms with E-state index in [9.17, 15) is 4.79 Å². The largest absolute Gasteiger partial charge is 0.464 e. The molecule has 2 aliphatic rings. The van der Waals surface area contributed by atoms with Crippen LogP contribution in [0.25, 0.3) is 11.3 Å². The number of carbonyl (C=O) groups excluding carboxylic acids is 1. The second-order valence-electron chi connectivity index (χ2n) is 8.60. The number of benzene rings is 1. The minimum Gasteiger partial charge on any atom is -0.464 e. The van der Waals surface area contributed by atoms with E-state index in [0.717, 1.165) is 58.0 Å². The van der Waals surface area contributed by atoms with Crippen LogP contribution in [0.4, 0.5) is 0 Å². The number of carbonyl (C=O) groups is 1. The maximum absolute atomic E-state index is 12.6. The van der Waals surface area contributed by atoms with Gasteiger partial charge in [-0.3, -0.25) is 9.69 Å². The van der Waals surface area contributed by atoms with Gasteiger partial charge in [0.05, 0.1) is 6.26 Å². The van der Waals surface area contributed by atoms with Gasteiger partial charge in [0.2, 0.25) is 5.91 Å². The Kier molecular flexibility index (Phi) is 6.67. The molecule has 0 radical (unpaired) electrons. The quantitative estimate of drug-likeness (QED) is 0.748. The van der Waals surface area contributed by atoms with Crippen LogP contribution in [-0.4, -0.2) is 66.9 Å². The summed E-state index contributed by atoms with van der Waals surface area (Å²) in [6.07, 6.45) is 5.91. The van der Waals surface area contributed by atoms with Crippen molar-refractivity contribution in [3.05, 3.63) is 48.2 Å². The van der Waals surface area contributed by atoms with Crippen LogP contribution in [0.2, 0.25) is 0 Å². The number of rotatable bonds is 6. The van der Waals surface area contributed by atoms with Crippen LogP contribution in [0.5, 0.6) is 0 Å². The highest BCUT2D eigenvalue weighted by Crippen LogP contribution is 2.28. The summed E-state index contributed by atoms with van der Waals surface area (Å²) in [5, 5.41) is 0. The maximum Gasteiger partial charge on any atom is 0.222 e. The van der Waals surface area contributed by atoms with Gasteiger partial charge in [0, 0.05) is 51.3 Å². The third kappa shape index (κ3) is 5.28. The standard InChI is InChI=1S/C24H33N3O2/c1-25-13-15-27(16-14-25)24(28)11-10-20-6-4-12-26(18-20)19-21-7-2-3-8-22(21)23-9-5-17-29-23/h2-3,5,7-9,17,20H,4,6,10-16,18-19H2,1H3. The molecule has 2 aromatic rings. The molecule has 1 unspecified atom stereocenters. The van der Waals surface area contributed by atoms with E-state index in [4.69, 9.17) is 4.42 Å². The van der Waals surface area contributed by atoms with Gasteiger partial charge in [-0.25, -0.2) is 0 Å². The van der Waals surface area contributed by atoms with Gasteiger partial charge in [0.1, 0.15) is 5.76 Å². The van der Waals surface area contributed by atoms with E-state index >= 15 is 0 Å². The first-order valence-corrected chi connectivity index (χ1v) is 11.0. The molecule has 1 atom stereocenters. The van der Waals surface area contributed by atoms with E-state index < -0.39 is 0 Å². The summed E-state index contributed by atoms with van der Waals surface area (Å²) >= 11 is 0. The van der Waals surface area contributed by atoms with E-state index in [2.05, 4.69) is 46.0 Å². The Morgan fingerprint density at radius 2 is 1.90 bits per heavy atom. The smallest absolute Gasteiger partial charge is 0.222 e. The van der Waals surface area contributed by atoms with Crippen LogP contribution in [0.1, 0.15) is 31.2 Å². The van der Waals surface area contributed by atoms with Crippen molar-refractivity contribution in [3.63, 3.8) is 0 Å². The Morgan fingerprint density at radius 1 is 1.07 bits per heavy atom. The lowest BCUT2D eigenvalue weighted by Gasteiger charge is -2.35. The van der Waals surface area contributed by atoms with Crippen LogP contribution >= 0.6 is 0 Å². The number of piperidine rings is 1. The van der Waals surface area contributed by atoms with Crippen molar-refractivity contribution in [1.82, 2.24) is 14.7 Å². The molecule has 0 spiro atoms. The van der Waals surface area contributed by atoms with Gasteiger partial charge in [-0.15, -0.1) is 0 Å². The van der Waals surface area contributed by atoms with Crippen molar-refractivity contribution in [1.29, 1.82) is 0 Å². The highest BCUT2D eigenvalue weighted by Gasteiger charge is 2.24. The predicted molar refractivity (Wildman–Crippen MR) is 115 cm³/mol. The van der Waals surface area contributed by atoms with Crippen LogP contribution in [0.15, 0.2) is 47.1 Å². The third-order valence-electron chi connectivity index (χ3n) is 6.42. The number of hydrogen-bond acceptors (Lipinski definition) is 4. The molecule has 0 aliphatic carbocycles. The SMILES string of the molecule is CN1CCN(C(=O)CCC2CCCN(Cc3ccccc3-c3ccco3)C2)CC1. The van der Waals surface area contributed by atoms with Crippen LogP contribution in [-0.2, 0) is 11.3 Å². The minimum atomic E-state index is 0.346. The molecule has 2 fully saturated rings. The number of nitrogens with zero attached hydrogens (tertiary/aromatic N) is 3.